The minimum Gasteiger partial charge on any atom is -0.497 e. The van der Waals surface area contributed by atoms with E-state index >= 15 is 0 Å². The van der Waals surface area contributed by atoms with Crippen LogP contribution in [-0.4, -0.2) is 18.6 Å². The molecular formula is C16H19ClN2O2. The summed E-state index contributed by atoms with van der Waals surface area (Å²) < 4.78 is 11.2. The van der Waals surface area contributed by atoms with Crippen molar-refractivity contribution in [2.45, 2.75) is 20.1 Å². The van der Waals surface area contributed by atoms with E-state index in [9.17, 15) is 0 Å². The fourth-order valence-electron chi connectivity index (χ4n) is 1.90. The number of rotatable bonds is 7. The van der Waals surface area contributed by atoms with Gasteiger partial charge in [-0.1, -0.05) is 18.5 Å². The van der Waals surface area contributed by atoms with Crippen LogP contribution in [0.25, 0.3) is 0 Å². The Morgan fingerprint density at radius 1 is 1.24 bits per heavy atom. The van der Waals surface area contributed by atoms with Gasteiger partial charge in [0.05, 0.1) is 12.1 Å². The molecule has 0 unspecified atom stereocenters. The molecule has 1 N–H and O–H groups in total. The quantitative estimate of drug-likeness (QED) is 0.851. The van der Waals surface area contributed by atoms with Crippen LogP contribution < -0.4 is 14.8 Å². The third kappa shape index (κ3) is 4.34. The van der Waals surface area contributed by atoms with Gasteiger partial charge < -0.3 is 14.8 Å². The van der Waals surface area contributed by atoms with Gasteiger partial charge in [-0.25, -0.2) is 0 Å². The van der Waals surface area contributed by atoms with E-state index in [-0.39, 0.29) is 0 Å². The summed E-state index contributed by atoms with van der Waals surface area (Å²) in [5, 5.41) is 3.90. The Labute approximate surface area is 130 Å². The Morgan fingerprint density at radius 2 is 2.10 bits per heavy atom. The second kappa shape index (κ2) is 7.86. The Kier molecular flexibility index (Phi) is 5.84. The third-order valence-corrected chi connectivity index (χ3v) is 3.41. The molecule has 0 spiro atoms. The molecule has 1 aromatic heterocycles. The lowest BCUT2D eigenvalue weighted by atomic mass is 10.2. The molecule has 5 heteroatoms. The van der Waals surface area contributed by atoms with Crippen molar-refractivity contribution in [3.05, 3.63) is 52.8 Å². The maximum absolute atomic E-state index is 6.09. The van der Waals surface area contributed by atoms with Crippen molar-refractivity contribution in [1.82, 2.24) is 10.3 Å². The van der Waals surface area contributed by atoms with Gasteiger partial charge in [0, 0.05) is 30.1 Å². The maximum atomic E-state index is 6.09. The molecule has 0 radical (unpaired) electrons. The number of nitrogens with one attached hydrogen (secondary N) is 1. The van der Waals surface area contributed by atoms with Gasteiger partial charge in [-0.15, -0.1) is 0 Å². The smallest absolute Gasteiger partial charge is 0.124 e. The zero-order valence-corrected chi connectivity index (χ0v) is 13.0. The molecule has 0 saturated heterocycles. The van der Waals surface area contributed by atoms with Crippen molar-refractivity contribution < 1.29 is 9.47 Å². The predicted octanol–water partition coefficient (Wildman–Crippen LogP) is 3.43. The SMILES string of the molecule is CCNCc1cc(OC)ccc1OCc1ccncc1Cl. The molecule has 0 aliphatic rings. The average molecular weight is 307 g/mol. The first-order chi connectivity index (χ1) is 10.2. The van der Waals surface area contributed by atoms with E-state index in [1.54, 1.807) is 19.5 Å². The summed E-state index contributed by atoms with van der Waals surface area (Å²) in [7, 11) is 1.66. The summed E-state index contributed by atoms with van der Waals surface area (Å²) in [6.07, 6.45) is 3.33. The first-order valence-electron chi connectivity index (χ1n) is 6.83. The van der Waals surface area contributed by atoms with Gasteiger partial charge in [0.15, 0.2) is 0 Å². The Bertz CT molecular complexity index is 590. The van der Waals surface area contributed by atoms with E-state index in [1.807, 2.05) is 24.3 Å². The number of hydrogen-bond donors (Lipinski definition) is 1. The molecule has 0 saturated carbocycles. The molecule has 112 valence electrons. The summed E-state index contributed by atoms with van der Waals surface area (Å²) in [5.74, 6) is 1.64. The minimum atomic E-state index is 0.410. The van der Waals surface area contributed by atoms with Gasteiger partial charge in [0.2, 0.25) is 0 Å². The molecule has 0 amide bonds. The van der Waals surface area contributed by atoms with Crippen molar-refractivity contribution in [1.29, 1.82) is 0 Å². The van der Waals surface area contributed by atoms with Crippen molar-refractivity contribution in [3.8, 4) is 11.5 Å². The van der Waals surface area contributed by atoms with Gasteiger partial charge in [-0.2, -0.15) is 0 Å². The van der Waals surface area contributed by atoms with E-state index in [0.717, 1.165) is 35.7 Å². The van der Waals surface area contributed by atoms with Gasteiger partial charge >= 0.3 is 0 Å². The summed E-state index contributed by atoms with van der Waals surface area (Å²) in [6.45, 7) is 4.10. The largest absolute Gasteiger partial charge is 0.497 e. The van der Waals surface area contributed by atoms with Crippen LogP contribution in [0.4, 0.5) is 0 Å². The Morgan fingerprint density at radius 3 is 2.81 bits per heavy atom. The van der Waals surface area contributed by atoms with E-state index < -0.39 is 0 Å². The molecule has 21 heavy (non-hydrogen) atoms. The lowest BCUT2D eigenvalue weighted by molar-refractivity contribution is 0.301. The highest BCUT2D eigenvalue weighted by Gasteiger charge is 2.07. The van der Waals surface area contributed by atoms with Gasteiger partial charge in [0.1, 0.15) is 18.1 Å². The second-order valence-electron chi connectivity index (χ2n) is 4.51. The van der Waals surface area contributed by atoms with Crippen molar-refractivity contribution in [3.63, 3.8) is 0 Å². The first-order valence-corrected chi connectivity index (χ1v) is 7.21. The van der Waals surface area contributed by atoms with Crippen LogP contribution in [0.1, 0.15) is 18.1 Å². The molecule has 0 bridgehead atoms. The van der Waals surface area contributed by atoms with Gasteiger partial charge in [-0.05, 0) is 30.8 Å². The normalized spacial score (nSPS) is 10.4. The third-order valence-electron chi connectivity index (χ3n) is 3.07. The molecule has 1 aromatic carbocycles. The van der Waals surface area contributed by atoms with Crippen LogP contribution in [-0.2, 0) is 13.2 Å². The molecule has 0 aliphatic carbocycles. The van der Waals surface area contributed by atoms with Crippen LogP contribution in [0.3, 0.4) is 0 Å². The van der Waals surface area contributed by atoms with E-state index in [4.69, 9.17) is 21.1 Å². The summed E-state index contributed by atoms with van der Waals surface area (Å²) in [5.41, 5.74) is 1.97. The fourth-order valence-corrected chi connectivity index (χ4v) is 2.07. The van der Waals surface area contributed by atoms with Crippen molar-refractivity contribution in [2.75, 3.05) is 13.7 Å². The van der Waals surface area contributed by atoms with Crippen molar-refractivity contribution in [2.24, 2.45) is 0 Å². The number of halogens is 1. The fraction of sp³-hybridized carbons (Fsp3) is 0.312. The molecule has 2 aromatic rings. The van der Waals surface area contributed by atoms with Gasteiger partial charge in [-0.3, -0.25) is 4.98 Å². The van der Waals surface area contributed by atoms with Gasteiger partial charge in [0.25, 0.3) is 0 Å². The lowest BCUT2D eigenvalue weighted by Crippen LogP contribution is -2.13. The molecular weight excluding hydrogens is 288 g/mol. The number of ether oxygens (including phenoxy) is 2. The van der Waals surface area contributed by atoms with Crippen LogP contribution in [0, 0.1) is 0 Å². The molecule has 4 nitrogen and oxygen atoms in total. The lowest BCUT2D eigenvalue weighted by Gasteiger charge is -2.14. The average Bonchev–Trinajstić information content (AvgIpc) is 2.52. The Balaban J connectivity index is 2.13. The number of pyridine rings is 1. The van der Waals surface area contributed by atoms with Crippen LogP contribution in [0.15, 0.2) is 36.7 Å². The highest BCUT2D eigenvalue weighted by atomic mass is 35.5. The molecule has 0 atom stereocenters. The first kappa shape index (κ1) is 15.6. The second-order valence-corrected chi connectivity index (χ2v) is 4.92. The van der Waals surface area contributed by atoms with E-state index in [2.05, 4.69) is 17.2 Å². The minimum absolute atomic E-state index is 0.410. The Hall–Kier alpha value is -1.78. The van der Waals surface area contributed by atoms with Crippen molar-refractivity contribution >= 4 is 11.6 Å². The van der Waals surface area contributed by atoms with E-state index in [1.165, 1.54) is 0 Å². The molecule has 2 rings (SSSR count). The number of hydrogen-bond acceptors (Lipinski definition) is 4. The predicted molar refractivity (Wildman–Crippen MR) is 84.0 cm³/mol. The zero-order chi connectivity index (χ0) is 15.1. The molecule has 0 aliphatic heterocycles. The monoisotopic (exact) mass is 306 g/mol. The standard InChI is InChI=1S/C16H19ClN2O2/c1-3-18-9-13-8-14(20-2)4-5-16(13)21-11-12-6-7-19-10-15(12)17/h4-8,10,18H,3,9,11H2,1-2H3. The highest BCUT2D eigenvalue weighted by molar-refractivity contribution is 6.31. The van der Waals surface area contributed by atoms with Crippen LogP contribution >= 0.6 is 11.6 Å². The van der Waals surface area contributed by atoms with E-state index in [0.29, 0.717) is 11.6 Å². The van der Waals surface area contributed by atoms with Crippen LogP contribution in [0.2, 0.25) is 5.02 Å². The number of nitrogens with zero attached hydrogens (tertiary/aromatic N) is 1. The summed E-state index contributed by atoms with van der Waals surface area (Å²) in [6, 6.07) is 7.64. The van der Waals surface area contributed by atoms with Crippen LogP contribution in [0.5, 0.6) is 11.5 Å². The number of benzene rings is 1. The summed E-state index contributed by atoms with van der Waals surface area (Å²) in [4.78, 5) is 3.97. The maximum Gasteiger partial charge on any atom is 0.124 e. The molecule has 0 fully saturated rings. The highest BCUT2D eigenvalue weighted by Crippen LogP contribution is 2.26. The number of methoxy groups -OCH3 is 1. The number of aromatic nitrogens is 1. The zero-order valence-electron chi connectivity index (χ0n) is 12.2. The topological polar surface area (TPSA) is 43.4 Å². The summed E-state index contributed by atoms with van der Waals surface area (Å²) >= 11 is 6.09. The molecule has 1 heterocycles.